The second-order valence-electron chi connectivity index (χ2n) is 7.22. The molecule has 0 aromatic heterocycles. The minimum Gasteiger partial charge on any atom is -0.352 e. The van der Waals surface area contributed by atoms with Crippen molar-refractivity contribution >= 4 is 62.7 Å². The molecule has 2 aromatic rings. The molecule has 30 heavy (non-hydrogen) atoms. The van der Waals surface area contributed by atoms with Crippen molar-refractivity contribution in [1.29, 1.82) is 0 Å². The van der Waals surface area contributed by atoms with Crippen molar-refractivity contribution in [2.45, 2.75) is 45.2 Å². The Labute approximate surface area is 200 Å². The van der Waals surface area contributed by atoms with Crippen molar-refractivity contribution in [2.75, 3.05) is 5.75 Å². The summed E-state index contributed by atoms with van der Waals surface area (Å²) in [6.45, 7) is 5.92. The first-order valence-electron chi connectivity index (χ1n) is 9.53. The molecular formula is C22H25BrCl2N2O2S. The number of hydrogen-bond acceptors (Lipinski definition) is 3. The van der Waals surface area contributed by atoms with Crippen LogP contribution < -0.4 is 5.32 Å². The standard InChI is InChI=1S/C22H25BrCl2N2O2S/c1-14(2)26-22(29)15(3)27(11-16-4-7-18(23)8-5-16)21(28)13-30-12-17-6-9-19(24)10-20(17)25/h4-10,14-15H,11-13H2,1-3H3,(H,26,29). The van der Waals surface area contributed by atoms with Gasteiger partial charge in [0.15, 0.2) is 0 Å². The second-order valence-corrected chi connectivity index (χ2v) is 9.96. The van der Waals surface area contributed by atoms with E-state index in [0.29, 0.717) is 22.3 Å². The van der Waals surface area contributed by atoms with Crippen LogP contribution in [-0.4, -0.2) is 34.6 Å². The van der Waals surface area contributed by atoms with Crippen molar-refractivity contribution in [3.8, 4) is 0 Å². The Morgan fingerprint density at radius 2 is 1.77 bits per heavy atom. The summed E-state index contributed by atoms with van der Waals surface area (Å²) in [5.41, 5.74) is 1.88. The van der Waals surface area contributed by atoms with Gasteiger partial charge in [0.25, 0.3) is 0 Å². The zero-order valence-corrected chi connectivity index (χ0v) is 21.0. The van der Waals surface area contributed by atoms with Crippen LogP contribution in [0.5, 0.6) is 0 Å². The number of carbonyl (C=O) groups excluding carboxylic acids is 2. The van der Waals surface area contributed by atoms with E-state index in [-0.39, 0.29) is 23.6 Å². The van der Waals surface area contributed by atoms with E-state index in [0.717, 1.165) is 15.6 Å². The van der Waals surface area contributed by atoms with Crippen molar-refractivity contribution in [3.05, 3.63) is 68.1 Å². The van der Waals surface area contributed by atoms with Crippen molar-refractivity contribution in [3.63, 3.8) is 0 Å². The van der Waals surface area contributed by atoms with Gasteiger partial charge in [-0.15, -0.1) is 11.8 Å². The van der Waals surface area contributed by atoms with Gasteiger partial charge in [-0.3, -0.25) is 9.59 Å². The first-order chi connectivity index (χ1) is 14.2. The summed E-state index contributed by atoms with van der Waals surface area (Å²) in [7, 11) is 0. The van der Waals surface area contributed by atoms with Crippen LogP contribution in [0.4, 0.5) is 0 Å². The zero-order chi connectivity index (χ0) is 22.3. The largest absolute Gasteiger partial charge is 0.352 e. The Balaban J connectivity index is 2.08. The number of carbonyl (C=O) groups is 2. The van der Waals surface area contributed by atoms with Crippen LogP contribution in [-0.2, 0) is 21.9 Å². The molecule has 0 saturated carbocycles. The van der Waals surface area contributed by atoms with E-state index in [4.69, 9.17) is 23.2 Å². The SMILES string of the molecule is CC(C)NC(=O)C(C)N(Cc1ccc(Br)cc1)C(=O)CSCc1ccc(Cl)cc1Cl. The summed E-state index contributed by atoms with van der Waals surface area (Å²) in [5, 5.41) is 4.05. The molecule has 2 aromatic carbocycles. The van der Waals surface area contributed by atoms with E-state index in [2.05, 4.69) is 21.2 Å². The molecule has 0 bridgehead atoms. The van der Waals surface area contributed by atoms with Crippen molar-refractivity contribution in [2.24, 2.45) is 0 Å². The highest BCUT2D eigenvalue weighted by atomic mass is 79.9. The monoisotopic (exact) mass is 530 g/mol. The van der Waals surface area contributed by atoms with Crippen molar-refractivity contribution < 1.29 is 9.59 Å². The molecule has 162 valence electrons. The van der Waals surface area contributed by atoms with Crippen LogP contribution in [0.3, 0.4) is 0 Å². The molecule has 0 aliphatic heterocycles. The Kier molecular flexibility index (Phi) is 10.0. The van der Waals surface area contributed by atoms with Gasteiger partial charge in [0.1, 0.15) is 6.04 Å². The van der Waals surface area contributed by atoms with Crippen LogP contribution in [0.1, 0.15) is 31.9 Å². The normalized spacial score (nSPS) is 12.0. The maximum absolute atomic E-state index is 13.0. The maximum Gasteiger partial charge on any atom is 0.242 e. The molecule has 1 N–H and O–H groups in total. The average Bonchev–Trinajstić information content (AvgIpc) is 2.68. The summed E-state index contributed by atoms with van der Waals surface area (Å²) in [4.78, 5) is 27.2. The lowest BCUT2D eigenvalue weighted by molar-refractivity contribution is -0.138. The lowest BCUT2D eigenvalue weighted by Gasteiger charge is -2.29. The average molecular weight is 532 g/mol. The Morgan fingerprint density at radius 3 is 2.37 bits per heavy atom. The van der Waals surface area contributed by atoms with Gasteiger partial charge >= 0.3 is 0 Å². The molecule has 8 heteroatoms. The number of thioether (sulfide) groups is 1. The third kappa shape index (κ3) is 7.80. The minimum absolute atomic E-state index is 0.00556. The molecule has 0 saturated heterocycles. The van der Waals surface area contributed by atoms with Crippen molar-refractivity contribution in [1.82, 2.24) is 10.2 Å². The minimum atomic E-state index is -0.580. The van der Waals surface area contributed by atoms with Crippen LogP contribution >= 0.6 is 50.9 Å². The molecule has 4 nitrogen and oxygen atoms in total. The summed E-state index contributed by atoms with van der Waals surface area (Å²) < 4.78 is 0.963. The highest BCUT2D eigenvalue weighted by molar-refractivity contribution is 9.10. The quantitative estimate of drug-likeness (QED) is 0.436. The molecule has 0 aliphatic rings. The van der Waals surface area contributed by atoms with Gasteiger partial charge in [-0.05, 0) is 56.2 Å². The molecule has 1 atom stereocenters. The number of amides is 2. The van der Waals surface area contributed by atoms with E-state index >= 15 is 0 Å². The summed E-state index contributed by atoms with van der Waals surface area (Å²) in [5.74, 6) is 0.565. The third-order valence-corrected chi connectivity index (χ3v) is 6.44. The summed E-state index contributed by atoms with van der Waals surface area (Å²) in [6, 6.07) is 12.5. The Morgan fingerprint density at radius 1 is 1.10 bits per heavy atom. The summed E-state index contributed by atoms with van der Waals surface area (Å²) in [6.07, 6.45) is 0. The summed E-state index contributed by atoms with van der Waals surface area (Å²) >= 11 is 17.0. The van der Waals surface area contributed by atoms with E-state index in [1.54, 1.807) is 24.0 Å². The molecule has 0 heterocycles. The van der Waals surface area contributed by atoms with E-state index in [1.807, 2.05) is 44.2 Å². The van der Waals surface area contributed by atoms with Crippen LogP contribution in [0.25, 0.3) is 0 Å². The topological polar surface area (TPSA) is 49.4 Å². The molecule has 0 aliphatic carbocycles. The molecule has 1 unspecified atom stereocenters. The van der Waals surface area contributed by atoms with Crippen LogP contribution in [0, 0.1) is 0 Å². The number of nitrogens with zero attached hydrogens (tertiary/aromatic N) is 1. The van der Waals surface area contributed by atoms with Gasteiger partial charge in [-0.25, -0.2) is 0 Å². The molecule has 0 radical (unpaired) electrons. The molecule has 0 spiro atoms. The van der Waals surface area contributed by atoms with Gasteiger partial charge in [0, 0.05) is 32.9 Å². The molecular weight excluding hydrogens is 507 g/mol. The molecule has 2 rings (SSSR count). The van der Waals surface area contributed by atoms with Gasteiger partial charge in [-0.1, -0.05) is 57.3 Å². The maximum atomic E-state index is 13.0. The predicted molar refractivity (Wildman–Crippen MR) is 130 cm³/mol. The fourth-order valence-corrected chi connectivity index (χ4v) is 4.48. The number of rotatable bonds is 9. The first kappa shape index (κ1) is 25.1. The van der Waals surface area contributed by atoms with E-state index in [1.165, 1.54) is 11.8 Å². The van der Waals surface area contributed by atoms with E-state index < -0.39 is 6.04 Å². The fraction of sp³-hybridized carbons (Fsp3) is 0.364. The lowest BCUT2D eigenvalue weighted by atomic mass is 10.1. The van der Waals surface area contributed by atoms with E-state index in [9.17, 15) is 9.59 Å². The highest BCUT2D eigenvalue weighted by Crippen LogP contribution is 2.25. The van der Waals surface area contributed by atoms with Gasteiger partial charge < -0.3 is 10.2 Å². The number of hydrogen-bond donors (Lipinski definition) is 1. The van der Waals surface area contributed by atoms with Gasteiger partial charge in [-0.2, -0.15) is 0 Å². The molecule has 0 fully saturated rings. The highest BCUT2D eigenvalue weighted by Gasteiger charge is 2.26. The Hall–Kier alpha value is -1.21. The molecule has 2 amide bonds. The number of benzene rings is 2. The van der Waals surface area contributed by atoms with Gasteiger partial charge in [0.2, 0.25) is 11.8 Å². The number of halogens is 3. The second kappa shape index (κ2) is 12.0. The number of nitrogens with one attached hydrogen (secondary N) is 1. The smallest absolute Gasteiger partial charge is 0.242 e. The predicted octanol–water partition coefficient (Wildman–Crippen LogP) is 5.93. The Bertz CT molecular complexity index is 878. The van der Waals surface area contributed by atoms with Crippen LogP contribution in [0.2, 0.25) is 10.0 Å². The lowest BCUT2D eigenvalue weighted by Crippen LogP contribution is -2.49. The van der Waals surface area contributed by atoms with Gasteiger partial charge in [0.05, 0.1) is 5.75 Å². The fourth-order valence-electron chi connectivity index (χ4n) is 2.74. The third-order valence-electron chi connectivity index (χ3n) is 4.36. The van der Waals surface area contributed by atoms with Crippen LogP contribution in [0.15, 0.2) is 46.9 Å². The zero-order valence-electron chi connectivity index (χ0n) is 17.1. The first-order valence-corrected chi connectivity index (χ1v) is 12.2.